The molecular weight excluding hydrogens is 326 g/mol. The molecule has 0 unspecified atom stereocenters. The van der Waals surface area contributed by atoms with E-state index in [1.54, 1.807) is 0 Å². The highest BCUT2D eigenvalue weighted by Gasteiger charge is 2.39. The van der Waals surface area contributed by atoms with Crippen LogP contribution < -0.4 is 5.32 Å². The fraction of sp³-hybridized carbons (Fsp3) is 0.850. The molecule has 1 aromatic heterocycles. The molecular formula is C20H31N5O. The van der Waals surface area contributed by atoms with Crippen LogP contribution in [0.15, 0.2) is 0 Å². The summed E-state index contributed by atoms with van der Waals surface area (Å²) in [5, 5.41) is 11.8. The van der Waals surface area contributed by atoms with E-state index in [4.69, 9.17) is 0 Å². The lowest BCUT2D eigenvalue weighted by Gasteiger charge is -2.26. The molecule has 0 bridgehead atoms. The van der Waals surface area contributed by atoms with Crippen molar-refractivity contribution in [3.05, 3.63) is 11.6 Å². The van der Waals surface area contributed by atoms with Crippen molar-refractivity contribution in [2.75, 3.05) is 19.6 Å². The van der Waals surface area contributed by atoms with Gasteiger partial charge in [0.2, 0.25) is 5.82 Å². The first kappa shape index (κ1) is 16.7. The maximum atomic E-state index is 12.7. The lowest BCUT2D eigenvalue weighted by Crippen LogP contribution is -2.36. The average Bonchev–Trinajstić information content (AvgIpc) is 3.40. The minimum Gasteiger partial charge on any atom is -0.347 e. The van der Waals surface area contributed by atoms with E-state index >= 15 is 0 Å². The SMILES string of the molecule is O=C(NC1CCCC1)c1nnc2n1C[C@@H]1CN(CC3CCCC3)C[C@H]1C2. The monoisotopic (exact) mass is 357 g/mol. The van der Waals surface area contributed by atoms with Gasteiger partial charge in [0, 0.05) is 38.6 Å². The van der Waals surface area contributed by atoms with Gasteiger partial charge in [-0.15, -0.1) is 10.2 Å². The maximum absolute atomic E-state index is 12.7. The molecule has 3 fully saturated rings. The van der Waals surface area contributed by atoms with Crippen LogP contribution >= 0.6 is 0 Å². The molecule has 3 heterocycles. The van der Waals surface area contributed by atoms with Crippen molar-refractivity contribution < 1.29 is 4.79 Å². The van der Waals surface area contributed by atoms with Gasteiger partial charge in [0.15, 0.2) is 0 Å². The molecule has 0 spiro atoms. The van der Waals surface area contributed by atoms with E-state index in [9.17, 15) is 4.79 Å². The number of nitrogens with one attached hydrogen (secondary N) is 1. The molecule has 1 aromatic rings. The summed E-state index contributed by atoms with van der Waals surface area (Å²) in [7, 11) is 0. The summed E-state index contributed by atoms with van der Waals surface area (Å²) >= 11 is 0. The predicted octanol–water partition coefficient (Wildman–Crippen LogP) is 2.24. The fourth-order valence-corrected chi connectivity index (χ4v) is 5.82. The second-order valence-electron chi connectivity index (χ2n) is 9.10. The van der Waals surface area contributed by atoms with Crippen LogP contribution in [0.3, 0.4) is 0 Å². The Balaban J connectivity index is 1.24. The summed E-state index contributed by atoms with van der Waals surface area (Å²) in [5.74, 6) is 3.80. The van der Waals surface area contributed by atoms with Crippen molar-refractivity contribution in [2.45, 2.75) is 70.4 Å². The number of amides is 1. The molecule has 2 saturated carbocycles. The molecule has 2 atom stereocenters. The summed E-state index contributed by atoms with van der Waals surface area (Å²) in [5.41, 5.74) is 0. The molecule has 4 aliphatic rings. The number of nitrogens with zero attached hydrogens (tertiary/aromatic N) is 4. The van der Waals surface area contributed by atoms with Crippen molar-refractivity contribution in [1.82, 2.24) is 25.0 Å². The molecule has 1 saturated heterocycles. The van der Waals surface area contributed by atoms with E-state index in [0.717, 1.165) is 37.5 Å². The average molecular weight is 358 g/mol. The fourth-order valence-electron chi connectivity index (χ4n) is 5.82. The minimum absolute atomic E-state index is 0.0186. The van der Waals surface area contributed by atoms with Gasteiger partial charge >= 0.3 is 0 Å². The van der Waals surface area contributed by atoms with Crippen LogP contribution in [0.1, 0.15) is 67.8 Å². The largest absolute Gasteiger partial charge is 0.347 e. The van der Waals surface area contributed by atoms with Gasteiger partial charge in [-0.1, -0.05) is 25.7 Å². The van der Waals surface area contributed by atoms with E-state index in [2.05, 4.69) is 25.0 Å². The molecule has 2 aliphatic heterocycles. The van der Waals surface area contributed by atoms with E-state index < -0.39 is 0 Å². The van der Waals surface area contributed by atoms with E-state index in [-0.39, 0.29) is 5.91 Å². The van der Waals surface area contributed by atoms with Gasteiger partial charge in [-0.05, 0) is 43.4 Å². The summed E-state index contributed by atoms with van der Waals surface area (Å²) in [6, 6.07) is 0.333. The molecule has 2 aliphatic carbocycles. The van der Waals surface area contributed by atoms with Gasteiger partial charge < -0.3 is 14.8 Å². The summed E-state index contributed by atoms with van der Waals surface area (Å²) in [6.45, 7) is 4.59. The topological polar surface area (TPSA) is 63.1 Å². The van der Waals surface area contributed by atoms with Gasteiger partial charge in [-0.2, -0.15) is 0 Å². The van der Waals surface area contributed by atoms with Crippen molar-refractivity contribution in [3.8, 4) is 0 Å². The molecule has 1 amide bonds. The smallest absolute Gasteiger partial charge is 0.289 e. The Morgan fingerprint density at radius 1 is 0.962 bits per heavy atom. The van der Waals surface area contributed by atoms with Crippen LogP contribution in [0, 0.1) is 17.8 Å². The molecule has 5 rings (SSSR count). The van der Waals surface area contributed by atoms with Crippen molar-refractivity contribution in [1.29, 1.82) is 0 Å². The van der Waals surface area contributed by atoms with Crippen molar-refractivity contribution in [2.24, 2.45) is 17.8 Å². The summed E-state index contributed by atoms with van der Waals surface area (Å²) in [6.07, 6.45) is 11.3. The first-order valence-corrected chi connectivity index (χ1v) is 10.7. The molecule has 6 heteroatoms. The number of hydrogen-bond acceptors (Lipinski definition) is 4. The van der Waals surface area contributed by atoms with Crippen LogP contribution in [-0.4, -0.2) is 51.2 Å². The zero-order chi connectivity index (χ0) is 17.5. The van der Waals surface area contributed by atoms with Crippen molar-refractivity contribution in [3.63, 3.8) is 0 Å². The Morgan fingerprint density at radius 3 is 2.50 bits per heavy atom. The first-order chi connectivity index (χ1) is 12.8. The van der Waals surface area contributed by atoms with Gasteiger partial charge in [0.05, 0.1) is 0 Å². The Hall–Kier alpha value is -1.43. The number of fused-ring (bicyclic) bond motifs is 2. The van der Waals surface area contributed by atoms with Gasteiger partial charge in [-0.3, -0.25) is 4.79 Å². The molecule has 0 radical (unpaired) electrons. The number of carbonyl (C=O) groups is 1. The van der Waals surface area contributed by atoms with E-state index in [1.165, 1.54) is 58.2 Å². The quantitative estimate of drug-likeness (QED) is 0.898. The first-order valence-electron chi connectivity index (χ1n) is 10.7. The second-order valence-corrected chi connectivity index (χ2v) is 9.10. The highest BCUT2D eigenvalue weighted by atomic mass is 16.2. The molecule has 142 valence electrons. The van der Waals surface area contributed by atoms with Crippen LogP contribution in [-0.2, 0) is 13.0 Å². The molecule has 0 aromatic carbocycles. The molecule has 26 heavy (non-hydrogen) atoms. The third-order valence-corrected chi connectivity index (χ3v) is 7.23. The van der Waals surface area contributed by atoms with Crippen LogP contribution in [0.2, 0.25) is 0 Å². The summed E-state index contributed by atoms with van der Waals surface area (Å²) < 4.78 is 2.12. The summed E-state index contributed by atoms with van der Waals surface area (Å²) in [4.78, 5) is 15.4. The minimum atomic E-state index is -0.0186. The van der Waals surface area contributed by atoms with Gasteiger partial charge in [0.25, 0.3) is 5.91 Å². The molecule has 6 nitrogen and oxygen atoms in total. The maximum Gasteiger partial charge on any atom is 0.289 e. The molecule has 1 N–H and O–H groups in total. The third-order valence-electron chi connectivity index (χ3n) is 7.23. The predicted molar refractivity (Wildman–Crippen MR) is 98.8 cm³/mol. The van der Waals surface area contributed by atoms with Crippen LogP contribution in [0.5, 0.6) is 0 Å². The lowest BCUT2D eigenvalue weighted by molar-refractivity contribution is 0.0919. The van der Waals surface area contributed by atoms with Gasteiger partial charge in [-0.25, -0.2) is 0 Å². The normalized spacial score (nSPS) is 29.8. The van der Waals surface area contributed by atoms with Crippen LogP contribution in [0.4, 0.5) is 0 Å². The number of aromatic nitrogens is 3. The Bertz CT molecular complexity index is 659. The zero-order valence-corrected chi connectivity index (χ0v) is 15.7. The third kappa shape index (κ3) is 3.17. The number of carbonyl (C=O) groups excluding carboxylic acids is 1. The lowest BCUT2D eigenvalue weighted by atomic mass is 9.89. The Kier molecular flexibility index (Phi) is 4.47. The van der Waals surface area contributed by atoms with E-state index in [0.29, 0.717) is 23.7 Å². The number of hydrogen-bond donors (Lipinski definition) is 1. The number of rotatable bonds is 4. The van der Waals surface area contributed by atoms with Crippen molar-refractivity contribution >= 4 is 5.91 Å². The number of likely N-dealkylation sites (tertiary alicyclic amines) is 1. The standard InChI is InChI=1S/C20H31N5O/c26-20(21-17-7-3-4-8-17)19-23-22-18-9-15-11-24(10-14-5-1-2-6-14)12-16(15)13-25(18)19/h14-17H,1-13H2,(H,21,26)/t15-,16+/m1/s1. The highest BCUT2D eigenvalue weighted by molar-refractivity contribution is 5.91. The Labute approximate surface area is 155 Å². The zero-order valence-electron chi connectivity index (χ0n) is 15.7. The highest BCUT2D eigenvalue weighted by Crippen LogP contribution is 2.34. The van der Waals surface area contributed by atoms with E-state index in [1.807, 2.05) is 0 Å². The Morgan fingerprint density at radius 2 is 1.69 bits per heavy atom. The second kappa shape index (κ2) is 6.95. The van der Waals surface area contributed by atoms with Crippen LogP contribution in [0.25, 0.3) is 0 Å². The van der Waals surface area contributed by atoms with Gasteiger partial charge in [0.1, 0.15) is 5.82 Å².